The number of rotatable bonds is 4. The first kappa shape index (κ1) is 12.6. The lowest BCUT2D eigenvalue weighted by Crippen LogP contribution is -2.25. The van der Waals surface area contributed by atoms with Gasteiger partial charge in [0.05, 0.1) is 0 Å². The molecule has 2 rings (SSSR count). The highest BCUT2D eigenvalue weighted by atomic mass is 16.2. The van der Waals surface area contributed by atoms with Gasteiger partial charge in [0.1, 0.15) is 0 Å². The van der Waals surface area contributed by atoms with Crippen LogP contribution in [0.15, 0.2) is 18.2 Å². The maximum Gasteiger partial charge on any atom is 0.224 e. The zero-order chi connectivity index (χ0) is 13.0. The number of nitrogens with one attached hydrogen (secondary N) is 2. The van der Waals surface area contributed by atoms with Crippen LogP contribution in [0.4, 0.5) is 5.69 Å². The first-order valence-electron chi connectivity index (χ1n) is 6.07. The number of nitrogens with two attached hydrogens (primary N) is 1. The second kappa shape index (κ2) is 5.64. The fraction of sp³-hybridized carbons (Fsp3) is 0.385. The highest BCUT2D eigenvalue weighted by Crippen LogP contribution is 2.23. The van der Waals surface area contributed by atoms with Gasteiger partial charge in [0.25, 0.3) is 0 Å². The van der Waals surface area contributed by atoms with Crippen LogP contribution in [0.5, 0.6) is 0 Å². The minimum Gasteiger partial charge on any atom is -0.352 e. The SMILES string of the molecule is NCCC(=O)NCc1ccc2c(c1)CCC(=O)N2. The molecule has 0 aliphatic carbocycles. The van der Waals surface area contributed by atoms with Crippen LogP contribution in [0.1, 0.15) is 24.0 Å². The van der Waals surface area contributed by atoms with Crippen molar-refractivity contribution < 1.29 is 9.59 Å². The quantitative estimate of drug-likeness (QED) is 0.726. The summed E-state index contributed by atoms with van der Waals surface area (Å²) in [4.78, 5) is 22.5. The van der Waals surface area contributed by atoms with E-state index in [9.17, 15) is 9.59 Å². The third-order valence-electron chi connectivity index (χ3n) is 2.93. The van der Waals surface area contributed by atoms with Crippen molar-refractivity contribution in [2.75, 3.05) is 11.9 Å². The first-order chi connectivity index (χ1) is 8.69. The zero-order valence-corrected chi connectivity index (χ0v) is 10.2. The fourth-order valence-corrected chi connectivity index (χ4v) is 1.97. The van der Waals surface area contributed by atoms with E-state index in [1.807, 2.05) is 18.2 Å². The van der Waals surface area contributed by atoms with Crippen molar-refractivity contribution in [3.05, 3.63) is 29.3 Å². The average molecular weight is 247 g/mol. The molecule has 0 bridgehead atoms. The molecule has 0 unspecified atom stereocenters. The van der Waals surface area contributed by atoms with Gasteiger partial charge in [-0.1, -0.05) is 12.1 Å². The Kier molecular flexibility index (Phi) is 3.94. The Morgan fingerprint density at radius 1 is 1.39 bits per heavy atom. The van der Waals surface area contributed by atoms with Gasteiger partial charge in [0, 0.05) is 31.6 Å². The van der Waals surface area contributed by atoms with E-state index in [1.165, 1.54) is 0 Å². The second-order valence-electron chi connectivity index (χ2n) is 4.36. The van der Waals surface area contributed by atoms with E-state index in [0.717, 1.165) is 23.2 Å². The van der Waals surface area contributed by atoms with Gasteiger partial charge >= 0.3 is 0 Å². The van der Waals surface area contributed by atoms with E-state index in [2.05, 4.69) is 10.6 Å². The molecule has 0 radical (unpaired) electrons. The van der Waals surface area contributed by atoms with Crippen molar-refractivity contribution in [3.63, 3.8) is 0 Å². The van der Waals surface area contributed by atoms with Crippen LogP contribution < -0.4 is 16.4 Å². The molecule has 0 atom stereocenters. The van der Waals surface area contributed by atoms with E-state index >= 15 is 0 Å². The number of hydrogen-bond donors (Lipinski definition) is 3. The number of fused-ring (bicyclic) bond motifs is 1. The largest absolute Gasteiger partial charge is 0.352 e. The molecule has 1 aromatic carbocycles. The lowest BCUT2D eigenvalue weighted by Gasteiger charge is -2.17. The normalized spacial score (nSPS) is 13.7. The minimum atomic E-state index is -0.0384. The van der Waals surface area contributed by atoms with Crippen molar-refractivity contribution in [1.29, 1.82) is 0 Å². The lowest BCUT2D eigenvalue weighted by atomic mass is 10.0. The average Bonchev–Trinajstić information content (AvgIpc) is 2.36. The number of carbonyl (C=O) groups excluding carboxylic acids is 2. The fourth-order valence-electron chi connectivity index (χ4n) is 1.97. The Balaban J connectivity index is 1.99. The monoisotopic (exact) mass is 247 g/mol. The summed E-state index contributed by atoms with van der Waals surface area (Å²) >= 11 is 0. The molecule has 0 fully saturated rings. The summed E-state index contributed by atoms with van der Waals surface area (Å²) in [6.07, 6.45) is 1.63. The van der Waals surface area contributed by atoms with Gasteiger partial charge in [-0.15, -0.1) is 0 Å². The van der Waals surface area contributed by atoms with Gasteiger partial charge < -0.3 is 16.4 Å². The molecule has 0 aromatic heterocycles. The number of amides is 2. The summed E-state index contributed by atoms with van der Waals surface area (Å²) in [7, 11) is 0. The van der Waals surface area contributed by atoms with E-state index in [-0.39, 0.29) is 11.8 Å². The smallest absolute Gasteiger partial charge is 0.224 e. The van der Waals surface area contributed by atoms with E-state index in [4.69, 9.17) is 5.73 Å². The number of carbonyl (C=O) groups is 2. The molecule has 5 heteroatoms. The standard InChI is InChI=1S/C13H17N3O2/c14-6-5-12(17)15-8-9-1-3-11-10(7-9)2-4-13(18)16-11/h1,3,7H,2,4-6,8,14H2,(H,15,17)(H,16,18). The number of hydrogen-bond acceptors (Lipinski definition) is 3. The Morgan fingerprint density at radius 3 is 3.00 bits per heavy atom. The highest BCUT2D eigenvalue weighted by molar-refractivity contribution is 5.93. The molecule has 1 heterocycles. The molecule has 0 spiro atoms. The maximum atomic E-state index is 11.3. The van der Waals surface area contributed by atoms with E-state index in [0.29, 0.717) is 25.9 Å². The summed E-state index contributed by atoms with van der Waals surface area (Å²) in [5.74, 6) is 0.0232. The Morgan fingerprint density at radius 2 is 2.22 bits per heavy atom. The van der Waals surface area contributed by atoms with Gasteiger partial charge in [0.2, 0.25) is 11.8 Å². The van der Waals surface area contributed by atoms with Crippen molar-refractivity contribution in [2.24, 2.45) is 5.73 Å². The minimum absolute atomic E-state index is 0.0384. The molecular formula is C13H17N3O2. The summed E-state index contributed by atoms with van der Waals surface area (Å²) in [6, 6.07) is 5.82. The lowest BCUT2D eigenvalue weighted by molar-refractivity contribution is -0.121. The Labute approximate surface area is 106 Å². The topological polar surface area (TPSA) is 84.2 Å². The highest BCUT2D eigenvalue weighted by Gasteiger charge is 2.14. The third kappa shape index (κ3) is 3.07. The van der Waals surface area contributed by atoms with Crippen molar-refractivity contribution >= 4 is 17.5 Å². The van der Waals surface area contributed by atoms with Gasteiger partial charge in [-0.2, -0.15) is 0 Å². The molecule has 1 aliphatic rings. The van der Waals surface area contributed by atoms with Gasteiger partial charge in [-0.05, 0) is 23.6 Å². The van der Waals surface area contributed by atoms with Gasteiger partial charge in [0.15, 0.2) is 0 Å². The van der Waals surface area contributed by atoms with Gasteiger partial charge in [-0.3, -0.25) is 9.59 Å². The molecular weight excluding hydrogens is 230 g/mol. The molecule has 1 aromatic rings. The number of benzene rings is 1. The maximum absolute atomic E-state index is 11.3. The molecule has 1 aliphatic heterocycles. The van der Waals surface area contributed by atoms with Crippen LogP contribution in [-0.4, -0.2) is 18.4 Å². The molecule has 5 nitrogen and oxygen atoms in total. The zero-order valence-electron chi connectivity index (χ0n) is 10.2. The number of anilines is 1. The number of aryl methyl sites for hydroxylation is 1. The van der Waals surface area contributed by atoms with Gasteiger partial charge in [-0.25, -0.2) is 0 Å². The molecule has 0 saturated heterocycles. The van der Waals surface area contributed by atoms with Crippen LogP contribution in [0, 0.1) is 0 Å². The van der Waals surface area contributed by atoms with E-state index in [1.54, 1.807) is 0 Å². The van der Waals surface area contributed by atoms with E-state index < -0.39 is 0 Å². The molecule has 0 saturated carbocycles. The molecule has 4 N–H and O–H groups in total. The van der Waals surface area contributed by atoms with Crippen LogP contribution in [0.2, 0.25) is 0 Å². The van der Waals surface area contributed by atoms with Crippen molar-refractivity contribution in [2.45, 2.75) is 25.8 Å². The molecule has 18 heavy (non-hydrogen) atoms. The van der Waals surface area contributed by atoms with Crippen LogP contribution >= 0.6 is 0 Å². The van der Waals surface area contributed by atoms with Crippen molar-refractivity contribution in [3.8, 4) is 0 Å². The van der Waals surface area contributed by atoms with Crippen LogP contribution in [0.25, 0.3) is 0 Å². The van der Waals surface area contributed by atoms with Crippen LogP contribution in [0.3, 0.4) is 0 Å². The molecule has 96 valence electrons. The summed E-state index contributed by atoms with van der Waals surface area (Å²) < 4.78 is 0. The molecule has 2 amide bonds. The summed E-state index contributed by atoms with van der Waals surface area (Å²) in [5.41, 5.74) is 8.34. The second-order valence-corrected chi connectivity index (χ2v) is 4.36. The van der Waals surface area contributed by atoms with Crippen LogP contribution in [-0.2, 0) is 22.6 Å². The van der Waals surface area contributed by atoms with Crippen molar-refractivity contribution in [1.82, 2.24) is 5.32 Å². The summed E-state index contributed by atoms with van der Waals surface area (Å²) in [5, 5.41) is 5.64. The predicted octanol–water partition coefficient (Wildman–Crippen LogP) is 0.536. The predicted molar refractivity (Wildman–Crippen MR) is 68.9 cm³/mol. The Bertz CT molecular complexity index is 471. The third-order valence-corrected chi connectivity index (χ3v) is 2.93. The Hall–Kier alpha value is -1.88. The first-order valence-corrected chi connectivity index (χ1v) is 6.07. The summed E-state index contributed by atoms with van der Waals surface area (Å²) in [6.45, 7) is 0.863.